The minimum atomic E-state index is -0.248. The molecule has 124 valence electrons. The van der Waals surface area contributed by atoms with Crippen molar-refractivity contribution in [2.45, 2.75) is 32.7 Å². The highest BCUT2D eigenvalue weighted by Crippen LogP contribution is 2.22. The van der Waals surface area contributed by atoms with E-state index >= 15 is 0 Å². The van der Waals surface area contributed by atoms with E-state index in [1.54, 1.807) is 26.1 Å². The molecule has 1 aromatic heterocycles. The second-order valence-electron chi connectivity index (χ2n) is 5.90. The Bertz CT molecular complexity index is 681. The largest absolute Gasteiger partial charge is 0.356 e. The molecule has 0 saturated heterocycles. The average molecular weight is 319 g/mol. The number of aromatic nitrogens is 2. The average Bonchev–Trinajstić information content (AvgIpc) is 2.93. The molecule has 2 aromatic rings. The lowest BCUT2D eigenvalue weighted by atomic mass is 9.84. The summed E-state index contributed by atoms with van der Waals surface area (Å²) in [6.07, 6.45) is 0. The molecule has 2 N–H and O–H groups in total. The highest BCUT2D eigenvalue weighted by atomic mass is 19.1. The first-order valence-corrected chi connectivity index (χ1v) is 7.40. The van der Waals surface area contributed by atoms with Crippen molar-refractivity contribution in [3.05, 3.63) is 47.4 Å². The summed E-state index contributed by atoms with van der Waals surface area (Å²) < 4.78 is 18.3. The van der Waals surface area contributed by atoms with Gasteiger partial charge in [0.15, 0.2) is 11.8 Å². The van der Waals surface area contributed by atoms with Crippen molar-refractivity contribution < 1.29 is 8.91 Å². The molecule has 0 atom stereocenters. The summed E-state index contributed by atoms with van der Waals surface area (Å²) in [5, 5.41) is 10.2. The molecule has 0 bridgehead atoms. The maximum atomic E-state index is 13.4. The molecule has 7 heteroatoms. The summed E-state index contributed by atoms with van der Waals surface area (Å²) in [5.74, 6) is 1.48. The summed E-state index contributed by atoms with van der Waals surface area (Å²) in [5.41, 5.74) is 0.678. The van der Waals surface area contributed by atoms with Crippen LogP contribution in [-0.2, 0) is 12.0 Å². The van der Waals surface area contributed by atoms with Crippen molar-refractivity contribution in [3.63, 3.8) is 0 Å². The van der Waals surface area contributed by atoms with Crippen molar-refractivity contribution in [1.82, 2.24) is 20.8 Å². The molecule has 2 rings (SSSR count). The molecule has 23 heavy (non-hydrogen) atoms. The molecular weight excluding hydrogens is 297 g/mol. The lowest BCUT2D eigenvalue weighted by molar-refractivity contribution is 0.386. The Kier molecular flexibility index (Phi) is 5.31. The molecule has 6 nitrogen and oxygen atoms in total. The van der Waals surface area contributed by atoms with Gasteiger partial charge in [-0.15, -0.1) is 0 Å². The van der Waals surface area contributed by atoms with Gasteiger partial charge in [-0.2, -0.15) is 4.98 Å². The van der Waals surface area contributed by atoms with Crippen molar-refractivity contribution in [1.29, 1.82) is 0 Å². The number of nitrogens with one attached hydrogen (secondary N) is 2. The molecule has 0 aliphatic carbocycles. The van der Waals surface area contributed by atoms with Crippen LogP contribution in [-0.4, -0.2) is 29.7 Å². The van der Waals surface area contributed by atoms with E-state index in [0.29, 0.717) is 30.8 Å². The van der Waals surface area contributed by atoms with Gasteiger partial charge in [-0.1, -0.05) is 31.1 Å². The van der Waals surface area contributed by atoms with Crippen LogP contribution in [0, 0.1) is 12.7 Å². The fraction of sp³-hybridized carbons (Fsp3) is 0.438. The number of hydrogen-bond donors (Lipinski definition) is 2. The Morgan fingerprint density at radius 1 is 1.35 bits per heavy atom. The van der Waals surface area contributed by atoms with E-state index in [2.05, 4.69) is 25.8 Å². The fourth-order valence-corrected chi connectivity index (χ4v) is 2.11. The Labute approximate surface area is 135 Å². The summed E-state index contributed by atoms with van der Waals surface area (Å²) in [4.78, 5) is 8.28. The van der Waals surface area contributed by atoms with Gasteiger partial charge in [0.1, 0.15) is 5.82 Å². The number of nitrogens with zero attached hydrogens (tertiary/aromatic N) is 3. The van der Waals surface area contributed by atoms with Crippen LogP contribution in [0.4, 0.5) is 4.39 Å². The summed E-state index contributed by atoms with van der Waals surface area (Å²) in [6.45, 7) is 6.85. The van der Waals surface area contributed by atoms with Gasteiger partial charge in [0.25, 0.3) is 0 Å². The van der Waals surface area contributed by atoms with Crippen molar-refractivity contribution >= 4 is 5.96 Å². The third-order valence-electron chi connectivity index (χ3n) is 3.51. The van der Waals surface area contributed by atoms with E-state index in [-0.39, 0.29) is 11.2 Å². The van der Waals surface area contributed by atoms with Crippen molar-refractivity contribution in [3.8, 4) is 0 Å². The predicted octanol–water partition coefficient (Wildman–Crippen LogP) is 2.16. The topological polar surface area (TPSA) is 75.3 Å². The molecule has 0 unspecified atom stereocenters. The van der Waals surface area contributed by atoms with Crippen LogP contribution in [0.3, 0.4) is 0 Å². The molecule has 0 spiro atoms. The van der Waals surface area contributed by atoms with Crippen LogP contribution in [0.2, 0.25) is 0 Å². The lowest BCUT2D eigenvalue weighted by Crippen LogP contribution is -2.43. The quantitative estimate of drug-likeness (QED) is 0.652. The van der Waals surface area contributed by atoms with E-state index < -0.39 is 0 Å². The van der Waals surface area contributed by atoms with Crippen LogP contribution in [0.1, 0.15) is 31.1 Å². The Balaban J connectivity index is 1.91. The monoisotopic (exact) mass is 319 g/mol. The molecule has 0 amide bonds. The second kappa shape index (κ2) is 7.21. The zero-order chi connectivity index (χ0) is 16.9. The minimum Gasteiger partial charge on any atom is -0.356 e. The molecule has 1 heterocycles. The zero-order valence-electron chi connectivity index (χ0n) is 13.9. The normalized spacial score (nSPS) is 12.3. The predicted molar refractivity (Wildman–Crippen MR) is 86.7 cm³/mol. The standard InChI is InChI=1S/C16H22FN5O/c1-11-21-14(22-23-11)9-19-15(18-4)20-10-16(2,3)12-6-5-7-13(17)8-12/h5-8H,9-10H2,1-4H3,(H2,18,19,20). The molecule has 0 aliphatic heterocycles. The number of aryl methyl sites for hydroxylation is 1. The highest BCUT2D eigenvalue weighted by Gasteiger charge is 2.21. The number of rotatable bonds is 5. The van der Waals surface area contributed by atoms with Gasteiger partial charge in [-0.3, -0.25) is 4.99 Å². The molecule has 0 fully saturated rings. The summed E-state index contributed by atoms with van der Waals surface area (Å²) in [7, 11) is 1.69. The van der Waals surface area contributed by atoms with Crippen LogP contribution in [0.15, 0.2) is 33.8 Å². The number of aliphatic imine (C=N–C) groups is 1. The molecule has 0 aliphatic rings. The molecule has 0 saturated carbocycles. The van der Waals surface area contributed by atoms with E-state index in [1.165, 1.54) is 6.07 Å². The van der Waals surface area contributed by atoms with E-state index in [4.69, 9.17) is 4.52 Å². The zero-order valence-corrected chi connectivity index (χ0v) is 13.9. The first-order chi connectivity index (χ1) is 10.9. The SMILES string of the molecule is CN=C(NCc1noc(C)n1)NCC(C)(C)c1cccc(F)c1. The van der Waals surface area contributed by atoms with Gasteiger partial charge < -0.3 is 15.2 Å². The Morgan fingerprint density at radius 2 is 2.13 bits per heavy atom. The molecule has 0 radical (unpaired) electrons. The smallest absolute Gasteiger partial charge is 0.223 e. The lowest BCUT2D eigenvalue weighted by Gasteiger charge is -2.26. The number of halogens is 1. The van der Waals surface area contributed by atoms with Gasteiger partial charge >= 0.3 is 0 Å². The Morgan fingerprint density at radius 3 is 2.74 bits per heavy atom. The van der Waals surface area contributed by atoms with Gasteiger partial charge in [0, 0.05) is 25.9 Å². The highest BCUT2D eigenvalue weighted by molar-refractivity contribution is 5.79. The first-order valence-electron chi connectivity index (χ1n) is 7.40. The first kappa shape index (κ1) is 16.9. The second-order valence-corrected chi connectivity index (χ2v) is 5.90. The van der Waals surface area contributed by atoms with Crippen LogP contribution in [0.25, 0.3) is 0 Å². The van der Waals surface area contributed by atoms with Crippen LogP contribution < -0.4 is 10.6 Å². The number of benzene rings is 1. The van der Waals surface area contributed by atoms with Gasteiger partial charge in [0.05, 0.1) is 6.54 Å². The maximum Gasteiger partial charge on any atom is 0.223 e. The molecule has 1 aromatic carbocycles. The maximum absolute atomic E-state index is 13.4. The summed E-state index contributed by atoms with van der Waals surface area (Å²) in [6, 6.07) is 6.64. The van der Waals surface area contributed by atoms with E-state index in [1.807, 2.05) is 19.9 Å². The van der Waals surface area contributed by atoms with Crippen molar-refractivity contribution in [2.24, 2.45) is 4.99 Å². The van der Waals surface area contributed by atoms with E-state index in [9.17, 15) is 4.39 Å². The van der Waals surface area contributed by atoms with Gasteiger partial charge in [-0.05, 0) is 17.7 Å². The summed E-state index contributed by atoms with van der Waals surface area (Å²) >= 11 is 0. The number of guanidine groups is 1. The Hall–Kier alpha value is -2.44. The molecular formula is C16H22FN5O. The van der Waals surface area contributed by atoms with E-state index in [0.717, 1.165) is 5.56 Å². The van der Waals surface area contributed by atoms with Crippen LogP contribution in [0.5, 0.6) is 0 Å². The van der Waals surface area contributed by atoms with Gasteiger partial charge in [0.2, 0.25) is 5.89 Å². The van der Waals surface area contributed by atoms with Crippen LogP contribution >= 0.6 is 0 Å². The number of hydrogen-bond acceptors (Lipinski definition) is 4. The third-order valence-corrected chi connectivity index (χ3v) is 3.51. The fourth-order valence-electron chi connectivity index (χ4n) is 2.11. The minimum absolute atomic E-state index is 0.231. The van der Waals surface area contributed by atoms with Crippen molar-refractivity contribution in [2.75, 3.05) is 13.6 Å². The third kappa shape index (κ3) is 4.77. The van der Waals surface area contributed by atoms with Gasteiger partial charge in [-0.25, -0.2) is 4.39 Å².